The SMILES string of the molecule is CCN(CC)CC1CCN(C(=O)c2cc(C)c(Br)s2)CC1. The predicted molar refractivity (Wildman–Crippen MR) is 93.2 cm³/mol. The second kappa shape index (κ2) is 7.75. The maximum Gasteiger partial charge on any atom is 0.263 e. The van der Waals surface area contributed by atoms with E-state index in [9.17, 15) is 4.79 Å². The molecule has 1 fully saturated rings. The second-order valence-corrected chi connectivity index (χ2v) is 8.16. The average molecular weight is 373 g/mol. The lowest BCUT2D eigenvalue weighted by Gasteiger charge is -2.34. The van der Waals surface area contributed by atoms with E-state index < -0.39 is 0 Å². The molecule has 0 aliphatic carbocycles. The van der Waals surface area contributed by atoms with Gasteiger partial charge in [0.1, 0.15) is 0 Å². The Hall–Kier alpha value is -0.390. The molecule has 1 aliphatic rings. The average Bonchev–Trinajstić information content (AvgIpc) is 2.84. The first-order valence-electron chi connectivity index (χ1n) is 7.82. The fraction of sp³-hybridized carbons (Fsp3) is 0.688. The van der Waals surface area contributed by atoms with Crippen LogP contribution in [0.1, 0.15) is 41.9 Å². The van der Waals surface area contributed by atoms with E-state index in [1.807, 2.05) is 17.9 Å². The van der Waals surface area contributed by atoms with Gasteiger partial charge in [-0.25, -0.2) is 0 Å². The highest BCUT2D eigenvalue weighted by Crippen LogP contribution is 2.29. The Kier molecular flexibility index (Phi) is 6.26. The van der Waals surface area contributed by atoms with Gasteiger partial charge in [0, 0.05) is 19.6 Å². The zero-order valence-electron chi connectivity index (χ0n) is 13.2. The Morgan fingerprint density at radius 3 is 2.48 bits per heavy atom. The summed E-state index contributed by atoms with van der Waals surface area (Å²) >= 11 is 5.06. The van der Waals surface area contributed by atoms with Gasteiger partial charge in [-0.2, -0.15) is 0 Å². The quantitative estimate of drug-likeness (QED) is 0.779. The molecule has 1 aromatic rings. The molecule has 0 N–H and O–H groups in total. The maximum atomic E-state index is 12.5. The number of thiophene rings is 1. The Balaban J connectivity index is 1.87. The van der Waals surface area contributed by atoms with Crippen molar-refractivity contribution in [1.29, 1.82) is 0 Å². The van der Waals surface area contributed by atoms with Crippen molar-refractivity contribution in [2.75, 3.05) is 32.7 Å². The standard InChI is InChI=1S/C16H25BrN2OS/c1-4-18(5-2)11-13-6-8-19(9-7-13)16(20)14-10-12(3)15(17)21-14/h10,13H,4-9,11H2,1-3H3. The number of carbonyl (C=O) groups excluding carboxylic acids is 1. The summed E-state index contributed by atoms with van der Waals surface area (Å²) in [6.45, 7) is 11.7. The van der Waals surface area contributed by atoms with Gasteiger partial charge in [0.15, 0.2) is 0 Å². The van der Waals surface area contributed by atoms with Gasteiger partial charge in [-0.05, 0) is 66.3 Å². The van der Waals surface area contributed by atoms with Crippen LogP contribution in [0.4, 0.5) is 0 Å². The maximum absolute atomic E-state index is 12.5. The Morgan fingerprint density at radius 2 is 2.00 bits per heavy atom. The fourth-order valence-corrected chi connectivity index (χ4v) is 4.39. The molecule has 1 aliphatic heterocycles. The van der Waals surface area contributed by atoms with Crippen LogP contribution in [0, 0.1) is 12.8 Å². The number of halogens is 1. The number of amides is 1. The molecule has 118 valence electrons. The van der Waals surface area contributed by atoms with Crippen LogP contribution >= 0.6 is 27.3 Å². The lowest BCUT2D eigenvalue weighted by Crippen LogP contribution is -2.41. The van der Waals surface area contributed by atoms with E-state index in [0.29, 0.717) is 0 Å². The van der Waals surface area contributed by atoms with Crippen LogP contribution in [0.2, 0.25) is 0 Å². The van der Waals surface area contributed by atoms with Gasteiger partial charge in [-0.3, -0.25) is 4.79 Å². The highest BCUT2D eigenvalue weighted by atomic mass is 79.9. The van der Waals surface area contributed by atoms with Crippen molar-refractivity contribution >= 4 is 33.2 Å². The zero-order chi connectivity index (χ0) is 15.4. The molecule has 1 amide bonds. The number of nitrogens with zero attached hydrogens (tertiary/aromatic N) is 2. The van der Waals surface area contributed by atoms with Crippen LogP contribution in [0.15, 0.2) is 9.85 Å². The van der Waals surface area contributed by atoms with Crippen LogP contribution in [-0.2, 0) is 0 Å². The molecule has 2 rings (SSSR count). The summed E-state index contributed by atoms with van der Waals surface area (Å²) < 4.78 is 1.07. The van der Waals surface area contributed by atoms with Crippen molar-refractivity contribution in [1.82, 2.24) is 9.80 Å². The van der Waals surface area contributed by atoms with Crippen molar-refractivity contribution in [3.63, 3.8) is 0 Å². The zero-order valence-corrected chi connectivity index (χ0v) is 15.6. The monoisotopic (exact) mass is 372 g/mol. The molecule has 0 radical (unpaired) electrons. The summed E-state index contributed by atoms with van der Waals surface area (Å²) in [4.78, 5) is 17.9. The van der Waals surface area contributed by atoms with E-state index in [-0.39, 0.29) is 5.91 Å². The van der Waals surface area contributed by atoms with E-state index in [1.54, 1.807) is 11.3 Å². The Labute approximate surface area is 140 Å². The molecule has 0 saturated carbocycles. The first-order valence-corrected chi connectivity index (χ1v) is 9.43. The van der Waals surface area contributed by atoms with Crippen molar-refractivity contribution in [2.45, 2.75) is 33.6 Å². The molecule has 3 nitrogen and oxygen atoms in total. The summed E-state index contributed by atoms with van der Waals surface area (Å²) in [6, 6.07) is 2.00. The van der Waals surface area contributed by atoms with Crippen LogP contribution in [0.3, 0.4) is 0 Å². The molecule has 0 atom stereocenters. The first kappa shape index (κ1) is 17.0. The molecule has 0 unspecified atom stereocenters. The third-order valence-corrected chi connectivity index (χ3v) is 6.51. The van der Waals surface area contributed by atoms with E-state index >= 15 is 0 Å². The Bertz CT molecular complexity index is 457. The number of likely N-dealkylation sites (tertiary alicyclic amines) is 1. The van der Waals surface area contributed by atoms with Crippen LogP contribution in [0.25, 0.3) is 0 Å². The molecule has 1 aromatic heterocycles. The predicted octanol–water partition coefficient (Wildman–Crippen LogP) is 4.01. The first-order chi connectivity index (χ1) is 10.0. The molecular formula is C16H25BrN2OS. The summed E-state index contributed by atoms with van der Waals surface area (Å²) in [7, 11) is 0. The van der Waals surface area contributed by atoms with E-state index in [2.05, 4.69) is 34.7 Å². The topological polar surface area (TPSA) is 23.6 Å². The molecule has 0 aromatic carbocycles. The molecule has 5 heteroatoms. The minimum Gasteiger partial charge on any atom is -0.338 e. The largest absolute Gasteiger partial charge is 0.338 e. The van der Waals surface area contributed by atoms with Crippen LogP contribution < -0.4 is 0 Å². The highest BCUT2D eigenvalue weighted by molar-refractivity contribution is 9.11. The van der Waals surface area contributed by atoms with Gasteiger partial charge in [-0.1, -0.05) is 13.8 Å². The number of hydrogen-bond donors (Lipinski definition) is 0. The van der Waals surface area contributed by atoms with Crippen LogP contribution in [0.5, 0.6) is 0 Å². The van der Waals surface area contributed by atoms with Crippen molar-refractivity contribution in [3.05, 3.63) is 20.3 Å². The molecular weight excluding hydrogens is 348 g/mol. The minimum atomic E-state index is 0.204. The van der Waals surface area contributed by atoms with Crippen molar-refractivity contribution < 1.29 is 4.79 Å². The summed E-state index contributed by atoms with van der Waals surface area (Å²) in [6.07, 6.45) is 2.27. The van der Waals surface area contributed by atoms with Gasteiger partial charge in [0.2, 0.25) is 0 Å². The lowest BCUT2D eigenvalue weighted by molar-refractivity contribution is 0.0674. The normalized spacial score (nSPS) is 16.7. The van der Waals surface area contributed by atoms with Crippen molar-refractivity contribution in [3.8, 4) is 0 Å². The lowest BCUT2D eigenvalue weighted by atomic mass is 9.96. The van der Waals surface area contributed by atoms with Crippen molar-refractivity contribution in [2.24, 2.45) is 5.92 Å². The molecule has 21 heavy (non-hydrogen) atoms. The third kappa shape index (κ3) is 4.30. The number of carbonyl (C=O) groups is 1. The number of aryl methyl sites for hydroxylation is 1. The van der Waals surface area contributed by atoms with Gasteiger partial charge < -0.3 is 9.80 Å². The third-order valence-electron chi connectivity index (χ3n) is 4.38. The highest BCUT2D eigenvalue weighted by Gasteiger charge is 2.25. The van der Waals surface area contributed by atoms with Gasteiger partial charge in [0.25, 0.3) is 5.91 Å². The van der Waals surface area contributed by atoms with E-state index in [1.165, 1.54) is 6.54 Å². The van der Waals surface area contributed by atoms with E-state index in [0.717, 1.165) is 59.2 Å². The van der Waals surface area contributed by atoms with Gasteiger partial charge >= 0.3 is 0 Å². The summed E-state index contributed by atoms with van der Waals surface area (Å²) in [5.74, 6) is 0.945. The Morgan fingerprint density at radius 1 is 1.38 bits per heavy atom. The summed E-state index contributed by atoms with van der Waals surface area (Å²) in [5, 5.41) is 0. The molecule has 1 saturated heterocycles. The van der Waals surface area contributed by atoms with Crippen LogP contribution in [-0.4, -0.2) is 48.4 Å². The molecule has 0 bridgehead atoms. The fourth-order valence-electron chi connectivity index (χ4n) is 2.89. The second-order valence-electron chi connectivity index (χ2n) is 5.79. The molecule has 2 heterocycles. The number of hydrogen-bond acceptors (Lipinski definition) is 3. The summed E-state index contributed by atoms with van der Waals surface area (Å²) in [5.41, 5.74) is 1.15. The van der Waals surface area contributed by atoms with Gasteiger partial charge in [0.05, 0.1) is 8.66 Å². The molecule has 0 spiro atoms. The number of rotatable bonds is 5. The number of piperidine rings is 1. The smallest absolute Gasteiger partial charge is 0.263 e. The van der Waals surface area contributed by atoms with E-state index in [4.69, 9.17) is 0 Å². The minimum absolute atomic E-state index is 0.204. The van der Waals surface area contributed by atoms with Gasteiger partial charge in [-0.15, -0.1) is 11.3 Å².